The zero-order valence-corrected chi connectivity index (χ0v) is 15.4. The van der Waals surface area contributed by atoms with Gasteiger partial charge in [-0.1, -0.05) is 24.6 Å². The van der Waals surface area contributed by atoms with Crippen LogP contribution in [0.4, 0.5) is 0 Å². The topological polar surface area (TPSA) is 51.0 Å². The van der Waals surface area contributed by atoms with Gasteiger partial charge in [-0.25, -0.2) is 9.97 Å². The lowest BCUT2D eigenvalue weighted by Gasteiger charge is -2.17. The number of imidazole rings is 1. The van der Waals surface area contributed by atoms with E-state index >= 15 is 0 Å². The number of aromatic nitrogens is 3. The van der Waals surface area contributed by atoms with Gasteiger partial charge in [0, 0.05) is 37.3 Å². The van der Waals surface area contributed by atoms with Gasteiger partial charge in [0.05, 0.1) is 0 Å². The molecule has 3 aromatic rings. The first-order chi connectivity index (χ1) is 12.7. The van der Waals surface area contributed by atoms with E-state index in [9.17, 15) is 4.79 Å². The van der Waals surface area contributed by atoms with Crippen LogP contribution < -0.4 is 0 Å². The van der Waals surface area contributed by atoms with Crippen LogP contribution in [0.15, 0.2) is 42.6 Å². The number of nitrogens with zero attached hydrogens (tertiary/aromatic N) is 4. The Morgan fingerprint density at radius 3 is 2.81 bits per heavy atom. The molecule has 0 spiro atoms. The SMILES string of the molecule is CCCn1c(C2CCN(C(=O)c3ccc(C)cc3)C2)nc2cccnc21. The maximum Gasteiger partial charge on any atom is 0.253 e. The van der Waals surface area contributed by atoms with Crippen molar-refractivity contribution in [1.29, 1.82) is 0 Å². The second-order valence-corrected chi connectivity index (χ2v) is 7.07. The second-order valence-electron chi connectivity index (χ2n) is 7.07. The number of hydrogen-bond donors (Lipinski definition) is 0. The number of hydrogen-bond acceptors (Lipinski definition) is 3. The number of rotatable bonds is 4. The van der Waals surface area contributed by atoms with Gasteiger partial charge in [-0.3, -0.25) is 4.79 Å². The van der Waals surface area contributed by atoms with Crippen molar-refractivity contribution in [1.82, 2.24) is 19.4 Å². The number of likely N-dealkylation sites (tertiary alicyclic amines) is 1. The molecular weight excluding hydrogens is 324 g/mol. The van der Waals surface area contributed by atoms with Crippen LogP contribution in [0.25, 0.3) is 11.2 Å². The number of aryl methyl sites for hydroxylation is 2. The fourth-order valence-electron chi connectivity index (χ4n) is 3.77. The van der Waals surface area contributed by atoms with Crippen LogP contribution in [0.3, 0.4) is 0 Å². The predicted molar refractivity (Wildman–Crippen MR) is 102 cm³/mol. The quantitative estimate of drug-likeness (QED) is 0.721. The highest BCUT2D eigenvalue weighted by atomic mass is 16.2. The summed E-state index contributed by atoms with van der Waals surface area (Å²) in [6.07, 6.45) is 3.81. The first-order valence-corrected chi connectivity index (χ1v) is 9.34. The van der Waals surface area contributed by atoms with Crippen molar-refractivity contribution in [3.8, 4) is 0 Å². The Hall–Kier alpha value is -2.69. The highest BCUT2D eigenvalue weighted by molar-refractivity contribution is 5.94. The van der Waals surface area contributed by atoms with Crippen LogP contribution in [0.2, 0.25) is 0 Å². The molecule has 5 nitrogen and oxygen atoms in total. The van der Waals surface area contributed by atoms with E-state index in [0.717, 1.165) is 55.0 Å². The van der Waals surface area contributed by atoms with Crippen molar-refractivity contribution in [2.45, 2.75) is 39.2 Å². The van der Waals surface area contributed by atoms with Gasteiger partial charge < -0.3 is 9.47 Å². The molecule has 4 rings (SSSR count). The van der Waals surface area contributed by atoms with Crippen molar-refractivity contribution in [2.24, 2.45) is 0 Å². The molecule has 0 aliphatic carbocycles. The average Bonchev–Trinajstić information content (AvgIpc) is 3.27. The Morgan fingerprint density at radius 1 is 1.23 bits per heavy atom. The highest BCUT2D eigenvalue weighted by Gasteiger charge is 2.31. The summed E-state index contributed by atoms with van der Waals surface area (Å²) in [5.41, 5.74) is 3.83. The number of carbonyl (C=O) groups is 1. The number of pyridine rings is 1. The number of carbonyl (C=O) groups excluding carboxylic acids is 1. The zero-order valence-electron chi connectivity index (χ0n) is 15.4. The van der Waals surface area contributed by atoms with Crippen LogP contribution >= 0.6 is 0 Å². The molecule has 0 N–H and O–H groups in total. The standard InChI is InChI=1S/C21H24N4O/c1-3-12-25-19(23-18-5-4-11-22-20(18)25)17-10-13-24(14-17)21(26)16-8-6-15(2)7-9-16/h4-9,11,17H,3,10,12-14H2,1-2H3. The van der Waals surface area contributed by atoms with Gasteiger partial charge in [0.1, 0.15) is 11.3 Å². The van der Waals surface area contributed by atoms with Crippen molar-refractivity contribution in [3.63, 3.8) is 0 Å². The third kappa shape index (κ3) is 2.98. The molecule has 1 saturated heterocycles. The summed E-state index contributed by atoms with van der Waals surface area (Å²) in [5.74, 6) is 1.45. The number of benzene rings is 1. The van der Waals surface area contributed by atoms with Gasteiger partial charge in [0.15, 0.2) is 5.65 Å². The van der Waals surface area contributed by atoms with E-state index in [0.29, 0.717) is 0 Å². The van der Waals surface area contributed by atoms with E-state index in [1.165, 1.54) is 5.56 Å². The smallest absolute Gasteiger partial charge is 0.253 e. The molecule has 26 heavy (non-hydrogen) atoms. The lowest BCUT2D eigenvalue weighted by atomic mass is 10.1. The molecule has 2 aromatic heterocycles. The van der Waals surface area contributed by atoms with Gasteiger partial charge in [0.2, 0.25) is 0 Å². The molecule has 3 heterocycles. The van der Waals surface area contributed by atoms with E-state index in [1.54, 1.807) is 0 Å². The predicted octanol–water partition coefficient (Wildman–Crippen LogP) is 3.78. The van der Waals surface area contributed by atoms with Gasteiger partial charge in [-0.05, 0) is 44.0 Å². The summed E-state index contributed by atoms with van der Waals surface area (Å²) >= 11 is 0. The summed E-state index contributed by atoms with van der Waals surface area (Å²) in [6.45, 7) is 6.61. The third-order valence-electron chi connectivity index (χ3n) is 5.12. The summed E-state index contributed by atoms with van der Waals surface area (Å²) in [5, 5.41) is 0. The molecule has 1 atom stereocenters. The Morgan fingerprint density at radius 2 is 2.04 bits per heavy atom. The van der Waals surface area contributed by atoms with Crippen LogP contribution in [0, 0.1) is 6.92 Å². The Bertz CT molecular complexity index is 929. The monoisotopic (exact) mass is 348 g/mol. The van der Waals surface area contributed by atoms with E-state index in [1.807, 2.05) is 54.4 Å². The molecule has 1 fully saturated rings. The van der Waals surface area contributed by atoms with Crippen molar-refractivity contribution >= 4 is 17.1 Å². The molecule has 1 aromatic carbocycles. The van der Waals surface area contributed by atoms with Crippen molar-refractivity contribution in [3.05, 3.63) is 59.5 Å². The van der Waals surface area contributed by atoms with E-state index in [-0.39, 0.29) is 11.8 Å². The Balaban J connectivity index is 1.59. The number of amides is 1. The third-order valence-corrected chi connectivity index (χ3v) is 5.12. The van der Waals surface area contributed by atoms with Gasteiger partial charge in [-0.2, -0.15) is 0 Å². The van der Waals surface area contributed by atoms with Crippen molar-refractivity contribution in [2.75, 3.05) is 13.1 Å². The summed E-state index contributed by atoms with van der Waals surface area (Å²) in [7, 11) is 0. The largest absolute Gasteiger partial charge is 0.338 e. The van der Waals surface area contributed by atoms with Gasteiger partial charge in [-0.15, -0.1) is 0 Å². The average molecular weight is 348 g/mol. The van der Waals surface area contributed by atoms with E-state index in [4.69, 9.17) is 4.98 Å². The zero-order chi connectivity index (χ0) is 18.1. The molecule has 0 radical (unpaired) electrons. The van der Waals surface area contributed by atoms with Crippen molar-refractivity contribution < 1.29 is 4.79 Å². The maximum atomic E-state index is 12.8. The summed E-state index contributed by atoms with van der Waals surface area (Å²) in [6, 6.07) is 11.8. The van der Waals surface area contributed by atoms with Gasteiger partial charge in [0.25, 0.3) is 5.91 Å². The summed E-state index contributed by atoms with van der Waals surface area (Å²) in [4.78, 5) is 24.1. The Kier molecular flexibility index (Phi) is 4.45. The highest BCUT2D eigenvalue weighted by Crippen LogP contribution is 2.30. The first kappa shape index (κ1) is 16.8. The molecular formula is C21H24N4O. The molecule has 1 aliphatic heterocycles. The normalized spacial score (nSPS) is 17.2. The fraction of sp³-hybridized carbons (Fsp3) is 0.381. The van der Waals surface area contributed by atoms with Crippen LogP contribution in [0.5, 0.6) is 0 Å². The molecule has 0 saturated carbocycles. The lowest BCUT2D eigenvalue weighted by molar-refractivity contribution is 0.0790. The minimum atomic E-state index is 0.115. The second kappa shape index (κ2) is 6.90. The molecule has 1 unspecified atom stereocenters. The molecule has 5 heteroatoms. The molecule has 0 bridgehead atoms. The van der Waals surface area contributed by atoms with E-state index < -0.39 is 0 Å². The lowest BCUT2D eigenvalue weighted by Crippen LogP contribution is -2.28. The molecule has 1 amide bonds. The minimum absolute atomic E-state index is 0.115. The van der Waals surface area contributed by atoms with Crippen LogP contribution in [-0.2, 0) is 6.54 Å². The summed E-state index contributed by atoms with van der Waals surface area (Å²) < 4.78 is 2.24. The number of fused-ring (bicyclic) bond motifs is 1. The van der Waals surface area contributed by atoms with Crippen LogP contribution in [-0.4, -0.2) is 38.4 Å². The minimum Gasteiger partial charge on any atom is -0.338 e. The maximum absolute atomic E-state index is 12.8. The molecule has 1 aliphatic rings. The first-order valence-electron chi connectivity index (χ1n) is 9.34. The Labute approximate surface area is 153 Å². The molecule has 134 valence electrons. The van der Waals surface area contributed by atoms with Gasteiger partial charge >= 0.3 is 0 Å². The van der Waals surface area contributed by atoms with Crippen LogP contribution in [0.1, 0.15) is 47.4 Å². The fourth-order valence-corrected chi connectivity index (χ4v) is 3.77. The van der Waals surface area contributed by atoms with E-state index in [2.05, 4.69) is 16.5 Å².